The molecule has 0 N–H and O–H groups in total. The Labute approximate surface area is 242 Å². The molecule has 2 aliphatic rings. The second-order valence-corrected chi connectivity index (χ2v) is 28.5. The maximum atomic E-state index is 2.57. The van der Waals surface area contributed by atoms with Gasteiger partial charge < -0.3 is 0 Å². The fourth-order valence-electron chi connectivity index (χ4n) is 7.35. The van der Waals surface area contributed by atoms with Crippen molar-refractivity contribution >= 4 is 43.8 Å². The third-order valence-electron chi connectivity index (χ3n) is 8.76. The first kappa shape index (κ1) is 30.4. The summed E-state index contributed by atoms with van der Waals surface area (Å²) in [7, 11) is 0. The van der Waals surface area contributed by atoms with Crippen LogP contribution in [-0.4, -0.2) is 6.88 Å². The number of halogens is 2. The van der Waals surface area contributed by atoms with Crippen molar-refractivity contribution in [1.29, 1.82) is 0 Å². The molecule has 3 aromatic rings. The van der Waals surface area contributed by atoms with Crippen molar-refractivity contribution < 1.29 is 18.9 Å². The Morgan fingerprint density at radius 3 is 1.49 bits per heavy atom. The van der Waals surface area contributed by atoms with Crippen LogP contribution >= 0.6 is 24.8 Å². The molecule has 0 saturated heterocycles. The number of fused-ring (bicyclic) bond motifs is 2. The SMILES string of the molecule is CCc1c(C)ccc2c1C=C(C)[CH]2[Zr](=[SiH2])([CH2]c1ccccc1)[CH]1C(C)=Cc2c1ccc(C)c2CC.Cl.Cl. The number of hydrogen-bond acceptors (Lipinski definition) is 0. The van der Waals surface area contributed by atoms with Crippen LogP contribution in [0.25, 0.3) is 12.2 Å². The van der Waals surface area contributed by atoms with E-state index in [9.17, 15) is 0 Å². The molecule has 0 aliphatic heterocycles. The van der Waals surface area contributed by atoms with E-state index >= 15 is 0 Å². The number of hydrogen-bond donors (Lipinski definition) is 0. The molecule has 0 amide bonds. The smallest absolute Gasteiger partial charge is 0.147 e. The van der Waals surface area contributed by atoms with Gasteiger partial charge in [-0.05, 0) is 0 Å². The van der Waals surface area contributed by atoms with Crippen LogP contribution < -0.4 is 0 Å². The number of allylic oxidation sites excluding steroid dienone is 2. The monoisotopic (exact) mass is 625 g/mol. The Morgan fingerprint density at radius 1 is 0.649 bits per heavy atom. The van der Waals surface area contributed by atoms with Crippen molar-refractivity contribution in [3.05, 3.63) is 116 Å². The molecule has 0 fully saturated rings. The summed E-state index contributed by atoms with van der Waals surface area (Å²) in [6.07, 6.45) is 7.36. The fraction of sp³-hybridized carbons (Fsp3) is 0.333. The third-order valence-corrected chi connectivity index (χ3v) is 27.1. The zero-order valence-electron chi connectivity index (χ0n) is 23.2. The molecule has 0 heterocycles. The Hall–Kier alpha value is -1.18. The Bertz CT molecular complexity index is 1330. The summed E-state index contributed by atoms with van der Waals surface area (Å²) in [6.45, 7) is 16.6. The molecule has 4 heteroatoms. The van der Waals surface area contributed by atoms with Gasteiger partial charge >= 0.3 is 219 Å². The quantitative estimate of drug-likeness (QED) is 0.240. The first-order chi connectivity index (χ1) is 16.8. The Kier molecular flexibility index (Phi) is 9.78. The summed E-state index contributed by atoms with van der Waals surface area (Å²) >= 11 is -3.00. The predicted molar refractivity (Wildman–Crippen MR) is 167 cm³/mol. The normalized spacial score (nSPS) is 19.1. The van der Waals surface area contributed by atoms with Gasteiger partial charge in [-0.2, -0.15) is 0 Å². The number of rotatable bonds is 6. The molecule has 37 heavy (non-hydrogen) atoms. The topological polar surface area (TPSA) is 0 Å². The van der Waals surface area contributed by atoms with Crippen molar-refractivity contribution in [2.24, 2.45) is 0 Å². The van der Waals surface area contributed by atoms with E-state index in [1.165, 1.54) is 20.8 Å². The van der Waals surface area contributed by atoms with Gasteiger partial charge in [0, 0.05) is 0 Å². The second kappa shape index (κ2) is 11.9. The third kappa shape index (κ3) is 5.09. The van der Waals surface area contributed by atoms with Crippen LogP contribution in [0.5, 0.6) is 0 Å². The molecule has 195 valence electrons. The molecule has 2 atom stereocenters. The van der Waals surface area contributed by atoms with Crippen LogP contribution in [0, 0.1) is 13.8 Å². The molecule has 0 saturated carbocycles. The van der Waals surface area contributed by atoms with E-state index in [-0.39, 0.29) is 24.8 Å². The molecule has 0 nitrogen and oxygen atoms in total. The van der Waals surface area contributed by atoms with Gasteiger partial charge in [-0.15, -0.1) is 24.8 Å². The fourth-order valence-corrected chi connectivity index (χ4v) is 28.9. The molecule has 0 aromatic heterocycles. The molecule has 5 rings (SSSR count). The summed E-state index contributed by atoms with van der Waals surface area (Å²) in [4.78, 5) is 0. The summed E-state index contributed by atoms with van der Waals surface area (Å²) in [5, 5.41) is 0. The van der Waals surface area contributed by atoms with E-state index in [2.05, 4.69) is 115 Å². The minimum atomic E-state index is -3.00. The van der Waals surface area contributed by atoms with Crippen molar-refractivity contribution in [2.45, 2.75) is 65.8 Å². The molecule has 0 spiro atoms. The van der Waals surface area contributed by atoms with Crippen LogP contribution in [-0.2, 0) is 35.9 Å². The van der Waals surface area contributed by atoms with Crippen LogP contribution in [0.2, 0.25) is 0 Å². The van der Waals surface area contributed by atoms with Crippen molar-refractivity contribution in [3.8, 4) is 0 Å². The summed E-state index contributed by atoms with van der Waals surface area (Å²) in [5.41, 5.74) is 17.2. The Morgan fingerprint density at radius 2 is 1.08 bits per heavy atom. The van der Waals surface area contributed by atoms with Crippen LogP contribution in [0.15, 0.2) is 65.7 Å². The average Bonchev–Trinajstić information content (AvgIpc) is 3.35. The average molecular weight is 628 g/mol. The molecule has 0 bridgehead atoms. The maximum absolute atomic E-state index is 3.00. The maximum Gasteiger partial charge on any atom is -0.147 e. The van der Waals surface area contributed by atoms with Gasteiger partial charge in [-0.25, -0.2) is 0 Å². The van der Waals surface area contributed by atoms with Crippen LogP contribution in [0.1, 0.15) is 85.0 Å². The molecule has 2 aliphatic carbocycles. The predicted octanol–water partition coefficient (Wildman–Crippen LogP) is 8.79. The molecular formula is C33H41Cl2SiZr. The van der Waals surface area contributed by atoms with Gasteiger partial charge in [0.15, 0.2) is 0 Å². The van der Waals surface area contributed by atoms with E-state index in [1.54, 1.807) is 44.5 Å². The zero-order chi connectivity index (χ0) is 24.9. The largest absolute Gasteiger partial charge is 0.147 e. The molecule has 2 unspecified atom stereocenters. The molecule has 3 aromatic carbocycles. The van der Waals surface area contributed by atoms with E-state index < -0.39 is 18.9 Å². The van der Waals surface area contributed by atoms with Crippen molar-refractivity contribution in [2.75, 3.05) is 0 Å². The summed E-state index contributed by atoms with van der Waals surface area (Å²) in [6, 6.07) is 21.2. The molecule has 0 radical (unpaired) electrons. The van der Waals surface area contributed by atoms with Gasteiger partial charge in [0.1, 0.15) is 0 Å². The summed E-state index contributed by atoms with van der Waals surface area (Å²) < 4.78 is 2.52. The first-order valence-electron chi connectivity index (χ1n) is 13.3. The minimum absolute atomic E-state index is 0. The number of benzene rings is 3. The van der Waals surface area contributed by atoms with E-state index in [1.807, 2.05) is 0 Å². The number of aryl methyl sites for hydroxylation is 2. The van der Waals surface area contributed by atoms with E-state index in [0.29, 0.717) is 7.25 Å². The van der Waals surface area contributed by atoms with Crippen molar-refractivity contribution in [1.82, 2.24) is 0 Å². The van der Waals surface area contributed by atoms with Gasteiger partial charge in [0.2, 0.25) is 0 Å². The standard InChI is InChI=1S/2C13H15.C7H7.2ClH.H2Si.Zr/c2*1-4-12-10(3)5-6-11-7-9(2)8-13(11)12;1-7-5-3-2-4-6-7;;;;/h2*5-8H,4H2,1-3H3;2-6H,1H2;2*1H;1H2;. The van der Waals surface area contributed by atoms with Crippen molar-refractivity contribution in [3.63, 3.8) is 0 Å². The van der Waals surface area contributed by atoms with E-state index in [0.717, 1.165) is 12.8 Å². The minimum Gasteiger partial charge on any atom is -0.147 e. The van der Waals surface area contributed by atoms with Crippen LogP contribution in [0.4, 0.5) is 0 Å². The van der Waals surface area contributed by atoms with Crippen LogP contribution in [0.3, 0.4) is 0 Å². The second-order valence-electron chi connectivity index (χ2n) is 11.0. The van der Waals surface area contributed by atoms with Gasteiger partial charge in [0.05, 0.1) is 0 Å². The summed E-state index contributed by atoms with van der Waals surface area (Å²) in [5.74, 6) is 0. The molecular weight excluding hydrogens is 587 g/mol. The van der Waals surface area contributed by atoms with E-state index in [4.69, 9.17) is 0 Å². The Balaban J connectivity index is 0.00000190. The first-order valence-corrected chi connectivity index (χ1v) is 23.8. The zero-order valence-corrected chi connectivity index (χ0v) is 28.7. The van der Waals surface area contributed by atoms with Gasteiger partial charge in [-0.1, -0.05) is 0 Å². The van der Waals surface area contributed by atoms with Gasteiger partial charge in [0.25, 0.3) is 0 Å². The van der Waals surface area contributed by atoms with Gasteiger partial charge in [-0.3, -0.25) is 0 Å².